The lowest BCUT2D eigenvalue weighted by Gasteiger charge is -2.09. The maximum atomic E-state index is 13.0. The highest BCUT2D eigenvalue weighted by atomic mass is 19.1. The number of nitrogens with two attached hydrogens (primary N) is 1. The predicted octanol–water partition coefficient (Wildman–Crippen LogP) is 1.99. The van der Waals surface area contributed by atoms with Crippen molar-refractivity contribution >= 4 is 0 Å². The summed E-state index contributed by atoms with van der Waals surface area (Å²) in [6, 6.07) is 2.51. The van der Waals surface area contributed by atoms with Crippen LogP contribution in [-0.2, 0) is 0 Å². The van der Waals surface area contributed by atoms with Gasteiger partial charge in [-0.2, -0.15) is 0 Å². The van der Waals surface area contributed by atoms with Crippen molar-refractivity contribution in [1.29, 1.82) is 0 Å². The highest BCUT2D eigenvalue weighted by molar-refractivity contribution is 5.23. The van der Waals surface area contributed by atoms with Crippen molar-refractivity contribution in [3.63, 3.8) is 0 Å². The monoisotopic (exact) mass is 181 g/mol. The van der Waals surface area contributed by atoms with E-state index in [9.17, 15) is 8.78 Å². The largest absolute Gasteiger partial charge is 0.323 e. The van der Waals surface area contributed by atoms with Gasteiger partial charge >= 0.3 is 0 Å². The number of halogens is 2. The molecule has 0 saturated heterocycles. The van der Waals surface area contributed by atoms with Crippen LogP contribution in [0.2, 0.25) is 0 Å². The van der Waals surface area contributed by atoms with Gasteiger partial charge in [-0.25, -0.2) is 8.78 Å². The first-order valence-electron chi connectivity index (χ1n) is 3.79. The summed E-state index contributed by atoms with van der Waals surface area (Å²) in [5.41, 5.74) is 5.65. The van der Waals surface area contributed by atoms with Gasteiger partial charge in [0.25, 0.3) is 0 Å². The van der Waals surface area contributed by atoms with E-state index in [0.717, 1.165) is 18.2 Å². The fraction of sp³-hybridized carbons (Fsp3) is 0.200. The maximum Gasteiger partial charge on any atom is 0.128 e. The third-order valence-electron chi connectivity index (χ3n) is 1.70. The minimum atomic E-state index is -0.638. The molecule has 0 aromatic heterocycles. The zero-order chi connectivity index (χ0) is 9.84. The van der Waals surface area contributed by atoms with E-state index < -0.39 is 17.7 Å². The van der Waals surface area contributed by atoms with Crippen LogP contribution in [-0.4, -0.2) is 0 Å². The fourth-order valence-corrected chi connectivity index (χ4v) is 1.04. The smallest absolute Gasteiger partial charge is 0.128 e. The first kappa shape index (κ1) is 9.69. The molecule has 3 heteroatoms. The molecule has 0 aliphatic carbocycles. The molecular formula is C10H9F2N. The molecule has 0 heterocycles. The van der Waals surface area contributed by atoms with Crippen LogP contribution in [0.25, 0.3) is 0 Å². The van der Waals surface area contributed by atoms with E-state index in [0.29, 0.717) is 0 Å². The van der Waals surface area contributed by atoms with E-state index >= 15 is 0 Å². The molecule has 0 radical (unpaired) electrons. The number of hydrogen-bond acceptors (Lipinski definition) is 1. The average Bonchev–Trinajstić information content (AvgIpc) is 2.09. The molecule has 0 aliphatic heterocycles. The third kappa shape index (κ3) is 2.27. The van der Waals surface area contributed by atoms with Gasteiger partial charge in [-0.1, -0.05) is 0 Å². The minimum Gasteiger partial charge on any atom is -0.323 e. The molecule has 1 atom stereocenters. The molecule has 2 N–H and O–H groups in total. The zero-order valence-electron chi connectivity index (χ0n) is 6.93. The molecule has 68 valence electrons. The lowest BCUT2D eigenvalue weighted by molar-refractivity contribution is 0.565. The lowest BCUT2D eigenvalue weighted by atomic mass is 10.0. The summed E-state index contributed by atoms with van der Waals surface area (Å²) in [5, 5.41) is 0. The van der Waals surface area contributed by atoms with Crippen molar-refractivity contribution in [2.75, 3.05) is 0 Å². The van der Waals surface area contributed by atoms with Crippen LogP contribution in [0.15, 0.2) is 18.2 Å². The van der Waals surface area contributed by atoms with E-state index in [1.54, 1.807) is 0 Å². The summed E-state index contributed by atoms with van der Waals surface area (Å²) in [6.45, 7) is 0. The molecule has 1 unspecified atom stereocenters. The van der Waals surface area contributed by atoms with Gasteiger partial charge in [-0.05, 0) is 18.2 Å². The Morgan fingerprint density at radius 1 is 1.46 bits per heavy atom. The van der Waals surface area contributed by atoms with Crippen molar-refractivity contribution in [2.24, 2.45) is 5.73 Å². The van der Waals surface area contributed by atoms with Crippen LogP contribution in [0.5, 0.6) is 0 Å². The average molecular weight is 181 g/mol. The van der Waals surface area contributed by atoms with E-state index in [2.05, 4.69) is 5.92 Å². The fourth-order valence-electron chi connectivity index (χ4n) is 1.04. The molecule has 0 amide bonds. The summed E-state index contributed by atoms with van der Waals surface area (Å²) < 4.78 is 25.7. The predicted molar refractivity (Wildman–Crippen MR) is 46.7 cm³/mol. The topological polar surface area (TPSA) is 26.0 Å². The summed E-state index contributed by atoms with van der Waals surface area (Å²) >= 11 is 0. The number of benzene rings is 1. The second-order valence-electron chi connectivity index (χ2n) is 2.68. The van der Waals surface area contributed by atoms with Crippen molar-refractivity contribution in [1.82, 2.24) is 0 Å². The molecule has 0 spiro atoms. The van der Waals surface area contributed by atoms with Crippen LogP contribution < -0.4 is 5.73 Å². The highest BCUT2D eigenvalue weighted by Crippen LogP contribution is 2.18. The van der Waals surface area contributed by atoms with Gasteiger partial charge in [0.15, 0.2) is 0 Å². The maximum absolute atomic E-state index is 13.0. The molecule has 0 bridgehead atoms. The molecular weight excluding hydrogens is 172 g/mol. The Labute approximate surface area is 75.6 Å². The van der Waals surface area contributed by atoms with E-state index in [-0.39, 0.29) is 12.0 Å². The van der Waals surface area contributed by atoms with Gasteiger partial charge in [-0.15, -0.1) is 12.3 Å². The Morgan fingerprint density at radius 3 is 2.77 bits per heavy atom. The van der Waals surface area contributed by atoms with E-state index in [1.807, 2.05) is 0 Å². The quantitative estimate of drug-likeness (QED) is 0.694. The molecule has 1 aromatic rings. The van der Waals surface area contributed by atoms with Gasteiger partial charge in [0.2, 0.25) is 0 Å². The Bertz CT molecular complexity index is 341. The normalized spacial score (nSPS) is 12.2. The number of rotatable bonds is 2. The van der Waals surface area contributed by atoms with Gasteiger partial charge in [-0.3, -0.25) is 0 Å². The Kier molecular flexibility index (Phi) is 2.99. The molecule has 1 rings (SSSR count). The summed E-state index contributed by atoms with van der Waals surface area (Å²) in [6.07, 6.45) is 5.20. The van der Waals surface area contributed by atoms with Gasteiger partial charge in [0, 0.05) is 18.0 Å². The zero-order valence-corrected chi connectivity index (χ0v) is 6.93. The molecule has 13 heavy (non-hydrogen) atoms. The second kappa shape index (κ2) is 4.01. The molecule has 1 nitrogen and oxygen atoms in total. The van der Waals surface area contributed by atoms with Gasteiger partial charge in [0.05, 0.1) is 0 Å². The van der Waals surface area contributed by atoms with Crippen LogP contribution in [0.4, 0.5) is 8.78 Å². The van der Waals surface area contributed by atoms with Crippen LogP contribution in [0.1, 0.15) is 18.0 Å². The SMILES string of the molecule is C#CCC(N)c1cc(F)ccc1F. The number of hydrogen-bond donors (Lipinski definition) is 1. The van der Waals surface area contributed by atoms with Crippen LogP contribution in [0, 0.1) is 24.0 Å². The summed E-state index contributed by atoms with van der Waals surface area (Å²) in [4.78, 5) is 0. The molecule has 0 fully saturated rings. The summed E-state index contributed by atoms with van der Waals surface area (Å²) in [7, 11) is 0. The van der Waals surface area contributed by atoms with E-state index in [4.69, 9.17) is 12.2 Å². The molecule has 0 saturated carbocycles. The van der Waals surface area contributed by atoms with Gasteiger partial charge in [0.1, 0.15) is 11.6 Å². The summed E-state index contributed by atoms with van der Waals surface area (Å²) in [5.74, 6) is 1.26. The Morgan fingerprint density at radius 2 is 2.15 bits per heavy atom. The van der Waals surface area contributed by atoms with Crippen molar-refractivity contribution < 1.29 is 8.78 Å². The Hall–Kier alpha value is -1.40. The van der Waals surface area contributed by atoms with Gasteiger partial charge < -0.3 is 5.73 Å². The second-order valence-corrected chi connectivity index (χ2v) is 2.68. The number of terminal acetylenes is 1. The van der Waals surface area contributed by atoms with Crippen molar-refractivity contribution in [3.05, 3.63) is 35.4 Å². The standard InChI is InChI=1S/C10H9F2N/c1-2-3-10(13)8-6-7(11)4-5-9(8)12/h1,4-6,10H,3,13H2. The lowest BCUT2D eigenvalue weighted by Crippen LogP contribution is -2.11. The third-order valence-corrected chi connectivity index (χ3v) is 1.70. The first-order chi connectivity index (χ1) is 6.15. The Balaban J connectivity index is 3.00. The van der Waals surface area contributed by atoms with Crippen LogP contribution >= 0.6 is 0 Å². The van der Waals surface area contributed by atoms with Crippen LogP contribution in [0.3, 0.4) is 0 Å². The highest BCUT2D eigenvalue weighted by Gasteiger charge is 2.10. The van der Waals surface area contributed by atoms with Crippen molar-refractivity contribution in [3.8, 4) is 12.3 Å². The van der Waals surface area contributed by atoms with Crippen molar-refractivity contribution in [2.45, 2.75) is 12.5 Å². The first-order valence-corrected chi connectivity index (χ1v) is 3.79. The molecule has 1 aromatic carbocycles. The minimum absolute atomic E-state index is 0.123. The molecule has 0 aliphatic rings. The van der Waals surface area contributed by atoms with E-state index in [1.165, 1.54) is 0 Å².